The Morgan fingerprint density at radius 1 is 0.776 bits per heavy atom. The van der Waals surface area contributed by atoms with Crippen molar-refractivity contribution in [1.29, 1.82) is 0 Å². The molecule has 1 amide bonds. The van der Waals surface area contributed by atoms with E-state index in [1.54, 1.807) is 0 Å². The molecule has 1 N–H and O–H groups in total. The predicted octanol–water partition coefficient (Wildman–Crippen LogP) is 10.1. The fourth-order valence-electron chi connectivity index (χ4n) is 4.93. The topological polar surface area (TPSA) is 96.2 Å². The summed E-state index contributed by atoms with van der Waals surface area (Å²) in [6.07, 6.45) is -0.356. The first-order valence-corrected chi connectivity index (χ1v) is 19.8. The van der Waals surface area contributed by atoms with Crippen molar-refractivity contribution in [3.63, 3.8) is 0 Å². The van der Waals surface area contributed by atoms with Gasteiger partial charge in [0, 0.05) is 23.1 Å². The zero-order valence-corrected chi connectivity index (χ0v) is 32.0. The maximum Gasteiger partial charge on any atom is 0.407 e. The van der Waals surface area contributed by atoms with E-state index >= 15 is 0 Å². The van der Waals surface area contributed by atoms with Gasteiger partial charge < -0.3 is 28.4 Å². The van der Waals surface area contributed by atoms with Gasteiger partial charge in [0.05, 0.1) is 13.0 Å². The van der Waals surface area contributed by atoms with Gasteiger partial charge in [-0.15, -0.1) is 0 Å². The fraction of sp³-hybridized carbons (Fsp3) is 0.450. The van der Waals surface area contributed by atoms with E-state index in [-0.39, 0.29) is 24.0 Å². The highest BCUT2D eigenvalue weighted by molar-refractivity contribution is 6.74. The molecular formula is C40H53NO7Si. The largest absolute Gasteiger partial charge is 0.489 e. The van der Waals surface area contributed by atoms with Crippen LogP contribution in [-0.2, 0) is 44.9 Å². The summed E-state index contributed by atoms with van der Waals surface area (Å²) in [5.74, 6) is 1.07. The summed E-state index contributed by atoms with van der Waals surface area (Å²) in [6.45, 7) is 23.2. The Morgan fingerprint density at radius 2 is 1.47 bits per heavy atom. The van der Waals surface area contributed by atoms with Crippen LogP contribution in [0, 0.1) is 0 Å². The van der Waals surface area contributed by atoms with E-state index in [9.17, 15) is 9.59 Å². The summed E-state index contributed by atoms with van der Waals surface area (Å²) in [4.78, 5) is 25.0. The number of carbonyl (C=O) groups is 2. The Morgan fingerprint density at radius 3 is 2.14 bits per heavy atom. The number of alkyl carbamates (subject to hydrolysis) is 1. The summed E-state index contributed by atoms with van der Waals surface area (Å²) >= 11 is 0. The Labute approximate surface area is 292 Å². The maximum absolute atomic E-state index is 12.6. The number of esters is 1. The van der Waals surface area contributed by atoms with Crippen LogP contribution in [0.3, 0.4) is 0 Å². The summed E-state index contributed by atoms with van der Waals surface area (Å²) < 4.78 is 30.3. The molecule has 0 unspecified atom stereocenters. The second-order valence-corrected chi connectivity index (χ2v) is 20.8. The van der Waals surface area contributed by atoms with Gasteiger partial charge in [0.15, 0.2) is 8.32 Å². The van der Waals surface area contributed by atoms with Gasteiger partial charge in [0.1, 0.15) is 34.9 Å². The highest BCUT2D eigenvalue weighted by Gasteiger charge is 2.37. The van der Waals surface area contributed by atoms with Crippen molar-refractivity contribution in [3.8, 4) is 16.9 Å². The summed E-state index contributed by atoms with van der Waals surface area (Å²) in [6, 6.07) is 21.7. The number of para-hydroxylation sites is 1. The molecule has 4 aromatic rings. The van der Waals surface area contributed by atoms with Crippen LogP contribution in [0.1, 0.15) is 84.8 Å². The molecule has 0 spiro atoms. The number of ether oxygens (including phenoxy) is 3. The van der Waals surface area contributed by atoms with E-state index in [4.69, 9.17) is 23.1 Å². The van der Waals surface area contributed by atoms with Crippen LogP contribution < -0.4 is 10.1 Å². The van der Waals surface area contributed by atoms with Crippen LogP contribution >= 0.6 is 0 Å². The number of benzene rings is 3. The minimum absolute atomic E-state index is 0.0717. The van der Waals surface area contributed by atoms with Gasteiger partial charge in [-0.05, 0) is 107 Å². The molecule has 0 saturated carbocycles. The van der Waals surface area contributed by atoms with E-state index in [1.807, 2.05) is 96.1 Å². The average Bonchev–Trinajstić information content (AvgIpc) is 3.39. The molecule has 0 atom stereocenters. The van der Waals surface area contributed by atoms with Gasteiger partial charge in [-0.2, -0.15) is 0 Å². The SMILES string of the molecule is CC(C)(C)OC(=O)Cc1ccccc1OCc1cc(-c2cccc(CNC(=O)OC(C)(C)C)c2)c2oc(CO[Si](C)(C)C(C)(C)C)cc2c1. The number of carbonyl (C=O) groups excluding carboxylic acids is 2. The Kier molecular flexibility index (Phi) is 11.4. The van der Waals surface area contributed by atoms with E-state index in [2.05, 4.69) is 51.3 Å². The number of hydrogen-bond donors (Lipinski definition) is 1. The van der Waals surface area contributed by atoms with E-state index < -0.39 is 25.6 Å². The molecule has 4 rings (SSSR count). The minimum Gasteiger partial charge on any atom is -0.489 e. The van der Waals surface area contributed by atoms with Gasteiger partial charge in [0.25, 0.3) is 0 Å². The van der Waals surface area contributed by atoms with Crippen LogP contribution in [0.2, 0.25) is 18.1 Å². The van der Waals surface area contributed by atoms with Crippen molar-refractivity contribution in [1.82, 2.24) is 5.32 Å². The molecule has 0 aliphatic rings. The number of furan rings is 1. The van der Waals surface area contributed by atoms with Gasteiger partial charge in [-0.1, -0.05) is 57.2 Å². The van der Waals surface area contributed by atoms with Gasteiger partial charge >= 0.3 is 12.1 Å². The van der Waals surface area contributed by atoms with E-state index in [1.165, 1.54) is 0 Å². The molecule has 0 fully saturated rings. The second-order valence-electron chi connectivity index (χ2n) is 16.0. The second kappa shape index (κ2) is 14.8. The molecule has 1 aromatic heterocycles. The van der Waals surface area contributed by atoms with Crippen LogP contribution in [-0.4, -0.2) is 31.6 Å². The molecule has 49 heavy (non-hydrogen) atoms. The Hall–Kier alpha value is -4.08. The third-order valence-corrected chi connectivity index (χ3v) is 12.8. The number of hydrogen-bond acceptors (Lipinski definition) is 7. The first-order valence-electron chi connectivity index (χ1n) is 16.9. The maximum atomic E-state index is 12.6. The Bertz CT molecular complexity index is 1770. The molecule has 9 heteroatoms. The molecule has 0 aliphatic heterocycles. The Balaban J connectivity index is 1.65. The summed E-state index contributed by atoms with van der Waals surface area (Å²) in [5, 5.41) is 3.86. The number of amides is 1. The molecule has 0 bridgehead atoms. The van der Waals surface area contributed by atoms with Crippen molar-refractivity contribution in [2.24, 2.45) is 0 Å². The number of fused-ring (bicyclic) bond motifs is 1. The van der Waals surface area contributed by atoms with E-state index in [0.717, 1.165) is 44.5 Å². The molecular weight excluding hydrogens is 635 g/mol. The first kappa shape index (κ1) is 37.7. The monoisotopic (exact) mass is 687 g/mol. The highest BCUT2D eigenvalue weighted by Crippen LogP contribution is 2.38. The van der Waals surface area contributed by atoms with Crippen molar-refractivity contribution in [3.05, 3.63) is 89.2 Å². The van der Waals surface area contributed by atoms with Gasteiger partial charge in [-0.3, -0.25) is 4.79 Å². The lowest BCUT2D eigenvalue weighted by Gasteiger charge is -2.35. The molecule has 3 aromatic carbocycles. The zero-order chi connectivity index (χ0) is 36.2. The highest BCUT2D eigenvalue weighted by atomic mass is 28.4. The summed E-state index contributed by atoms with van der Waals surface area (Å²) in [5.41, 5.74) is 4.05. The lowest BCUT2D eigenvalue weighted by atomic mass is 9.99. The lowest BCUT2D eigenvalue weighted by Crippen LogP contribution is -2.40. The van der Waals surface area contributed by atoms with Crippen molar-refractivity contribution in [2.75, 3.05) is 0 Å². The smallest absolute Gasteiger partial charge is 0.407 e. The van der Waals surface area contributed by atoms with Crippen LogP contribution in [0.5, 0.6) is 5.75 Å². The fourth-order valence-corrected chi connectivity index (χ4v) is 5.86. The van der Waals surface area contributed by atoms with Crippen LogP contribution in [0.15, 0.2) is 71.1 Å². The standard InChI is InChI=1S/C40H53NO7Si/c1-38(2,3)47-35(42)23-30-16-12-13-18-34(30)44-25-28-20-31-22-32(26-45-49(10,11)40(7,8)9)46-36(31)33(21-28)29-17-14-15-27(19-29)24-41-37(43)48-39(4,5)6/h12-22H,23-26H2,1-11H3,(H,41,43). The lowest BCUT2D eigenvalue weighted by molar-refractivity contribution is -0.153. The minimum atomic E-state index is -2.00. The predicted molar refractivity (Wildman–Crippen MR) is 197 cm³/mol. The first-order chi connectivity index (χ1) is 22.7. The normalized spacial score (nSPS) is 12.6. The summed E-state index contributed by atoms with van der Waals surface area (Å²) in [7, 11) is -2.00. The average molecular weight is 688 g/mol. The zero-order valence-electron chi connectivity index (χ0n) is 31.0. The molecule has 1 heterocycles. The molecule has 0 aliphatic carbocycles. The van der Waals surface area contributed by atoms with Crippen molar-refractivity contribution >= 4 is 31.3 Å². The quantitative estimate of drug-likeness (QED) is 0.124. The molecule has 0 saturated heterocycles. The van der Waals surface area contributed by atoms with E-state index in [0.29, 0.717) is 18.9 Å². The third-order valence-electron chi connectivity index (χ3n) is 8.30. The van der Waals surface area contributed by atoms with Gasteiger partial charge in [-0.25, -0.2) is 4.79 Å². The number of rotatable bonds is 11. The molecule has 0 radical (unpaired) electrons. The van der Waals surface area contributed by atoms with Crippen molar-refractivity contribution < 1.29 is 32.6 Å². The van der Waals surface area contributed by atoms with Gasteiger partial charge in [0.2, 0.25) is 0 Å². The molecule has 8 nitrogen and oxygen atoms in total. The van der Waals surface area contributed by atoms with Crippen LogP contribution in [0.25, 0.3) is 22.1 Å². The third kappa shape index (κ3) is 11.0. The number of nitrogens with one attached hydrogen (secondary N) is 1. The molecule has 264 valence electrons. The van der Waals surface area contributed by atoms with Crippen molar-refractivity contribution in [2.45, 2.75) is 118 Å². The van der Waals surface area contributed by atoms with Crippen LogP contribution in [0.4, 0.5) is 4.79 Å².